The van der Waals surface area contributed by atoms with Crippen molar-refractivity contribution in [2.24, 2.45) is 0 Å². The molecule has 2 N–H and O–H groups in total. The summed E-state index contributed by atoms with van der Waals surface area (Å²) in [6.07, 6.45) is 1.66. The molecule has 0 atom stereocenters. The minimum Gasteiger partial charge on any atom is -0.497 e. The van der Waals surface area contributed by atoms with Crippen LogP contribution in [0.2, 0.25) is 10.0 Å². The van der Waals surface area contributed by atoms with Gasteiger partial charge in [0, 0.05) is 22.1 Å². The molecule has 1 heterocycles. The highest BCUT2D eigenvalue weighted by Crippen LogP contribution is 2.28. The predicted molar refractivity (Wildman–Crippen MR) is 89.3 cm³/mol. The molecule has 0 aliphatic heterocycles. The van der Waals surface area contributed by atoms with Gasteiger partial charge in [-0.3, -0.25) is 4.79 Å². The number of methoxy groups -OCH3 is 1. The molecule has 22 heavy (non-hydrogen) atoms. The van der Waals surface area contributed by atoms with E-state index in [1.807, 2.05) is 18.2 Å². The molecule has 0 spiro atoms. The van der Waals surface area contributed by atoms with Crippen molar-refractivity contribution in [3.8, 4) is 5.75 Å². The fourth-order valence-electron chi connectivity index (χ4n) is 2.20. The largest absolute Gasteiger partial charge is 0.497 e. The first kappa shape index (κ1) is 14.8. The van der Waals surface area contributed by atoms with Gasteiger partial charge in [0.15, 0.2) is 0 Å². The van der Waals surface area contributed by atoms with Gasteiger partial charge in [-0.1, -0.05) is 23.2 Å². The smallest absolute Gasteiger partial charge is 0.257 e. The number of benzene rings is 2. The lowest BCUT2D eigenvalue weighted by atomic mass is 10.1. The van der Waals surface area contributed by atoms with E-state index in [0.29, 0.717) is 27.0 Å². The summed E-state index contributed by atoms with van der Waals surface area (Å²) in [5, 5.41) is 4.46. The van der Waals surface area contributed by atoms with Crippen molar-refractivity contribution < 1.29 is 9.53 Å². The van der Waals surface area contributed by atoms with Crippen molar-refractivity contribution in [2.75, 3.05) is 12.4 Å². The molecule has 0 saturated carbocycles. The van der Waals surface area contributed by atoms with Gasteiger partial charge < -0.3 is 15.0 Å². The van der Waals surface area contributed by atoms with E-state index in [4.69, 9.17) is 27.9 Å². The molecule has 6 heteroatoms. The lowest BCUT2D eigenvalue weighted by Crippen LogP contribution is -2.11. The number of hydrogen-bond donors (Lipinski definition) is 2. The third kappa shape index (κ3) is 2.75. The molecule has 0 aliphatic carbocycles. The second-order valence-electron chi connectivity index (χ2n) is 4.69. The monoisotopic (exact) mass is 334 g/mol. The molecule has 0 bridgehead atoms. The van der Waals surface area contributed by atoms with Crippen LogP contribution in [0.3, 0.4) is 0 Å². The Hall–Kier alpha value is -2.17. The van der Waals surface area contributed by atoms with E-state index in [-0.39, 0.29) is 5.91 Å². The van der Waals surface area contributed by atoms with E-state index in [0.717, 1.165) is 10.9 Å². The normalized spacial score (nSPS) is 10.7. The van der Waals surface area contributed by atoms with Gasteiger partial charge in [0.2, 0.25) is 0 Å². The Balaban J connectivity index is 1.95. The molecule has 0 fully saturated rings. The average Bonchev–Trinajstić information content (AvgIpc) is 2.93. The van der Waals surface area contributed by atoms with Crippen LogP contribution in [0.25, 0.3) is 10.9 Å². The van der Waals surface area contributed by atoms with E-state index >= 15 is 0 Å². The fraction of sp³-hybridized carbons (Fsp3) is 0.0625. The number of aromatic amines is 1. The van der Waals surface area contributed by atoms with Crippen molar-refractivity contribution >= 4 is 45.7 Å². The van der Waals surface area contributed by atoms with Crippen LogP contribution in [0.4, 0.5) is 5.69 Å². The molecular weight excluding hydrogens is 323 g/mol. The van der Waals surface area contributed by atoms with E-state index in [2.05, 4.69) is 10.3 Å². The van der Waals surface area contributed by atoms with Crippen LogP contribution in [0.5, 0.6) is 5.75 Å². The first-order chi connectivity index (χ1) is 10.6. The zero-order chi connectivity index (χ0) is 15.7. The number of halogens is 2. The van der Waals surface area contributed by atoms with Gasteiger partial charge in [0.05, 0.1) is 23.4 Å². The van der Waals surface area contributed by atoms with E-state index in [9.17, 15) is 4.79 Å². The summed E-state index contributed by atoms with van der Waals surface area (Å²) in [6.45, 7) is 0. The third-order valence-electron chi connectivity index (χ3n) is 3.31. The molecule has 0 unspecified atom stereocenters. The standard InChI is InChI=1S/C16H12Cl2N2O2/c1-22-10-3-5-14-11(7-10)12(8-19-14)16(21)20-15-4-2-9(17)6-13(15)18/h2-8,19H,1H3,(H,20,21). The highest BCUT2D eigenvalue weighted by atomic mass is 35.5. The molecule has 112 valence electrons. The summed E-state index contributed by atoms with van der Waals surface area (Å²) in [4.78, 5) is 15.5. The van der Waals surface area contributed by atoms with Gasteiger partial charge in [-0.2, -0.15) is 0 Å². The molecule has 0 aliphatic rings. The Bertz CT molecular complexity index is 858. The Kier molecular flexibility index (Phi) is 3.96. The molecule has 0 saturated heterocycles. The maximum atomic E-state index is 12.5. The number of hydrogen-bond acceptors (Lipinski definition) is 2. The van der Waals surface area contributed by atoms with E-state index in [1.54, 1.807) is 31.5 Å². The molecule has 0 radical (unpaired) electrons. The molecule has 3 rings (SSSR count). The zero-order valence-electron chi connectivity index (χ0n) is 11.6. The number of carbonyl (C=O) groups excluding carboxylic acids is 1. The van der Waals surface area contributed by atoms with Crippen molar-refractivity contribution in [3.63, 3.8) is 0 Å². The number of aromatic nitrogens is 1. The molecule has 2 aromatic carbocycles. The Morgan fingerprint density at radius 2 is 2.00 bits per heavy atom. The second kappa shape index (κ2) is 5.91. The summed E-state index contributed by atoms with van der Waals surface area (Å²) in [5.41, 5.74) is 1.88. The zero-order valence-corrected chi connectivity index (χ0v) is 13.1. The number of rotatable bonds is 3. The average molecular weight is 335 g/mol. The topological polar surface area (TPSA) is 54.1 Å². The Morgan fingerprint density at radius 3 is 2.73 bits per heavy atom. The van der Waals surface area contributed by atoms with Crippen LogP contribution in [0.1, 0.15) is 10.4 Å². The number of nitrogens with one attached hydrogen (secondary N) is 2. The maximum absolute atomic E-state index is 12.5. The highest BCUT2D eigenvalue weighted by Gasteiger charge is 2.14. The van der Waals surface area contributed by atoms with E-state index in [1.165, 1.54) is 0 Å². The number of ether oxygens (including phenoxy) is 1. The fourth-order valence-corrected chi connectivity index (χ4v) is 2.65. The summed E-state index contributed by atoms with van der Waals surface area (Å²) >= 11 is 11.9. The maximum Gasteiger partial charge on any atom is 0.257 e. The number of fused-ring (bicyclic) bond motifs is 1. The van der Waals surface area contributed by atoms with Gasteiger partial charge in [0.25, 0.3) is 5.91 Å². The van der Waals surface area contributed by atoms with Crippen LogP contribution < -0.4 is 10.1 Å². The van der Waals surface area contributed by atoms with Crippen LogP contribution in [-0.2, 0) is 0 Å². The number of carbonyl (C=O) groups is 1. The van der Waals surface area contributed by atoms with Crippen molar-refractivity contribution in [2.45, 2.75) is 0 Å². The summed E-state index contributed by atoms with van der Waals surface area (Å²) in [5.74, 6) is 0.425. The minimum absolute atomic E-state index is 0.260. The Labute approximate surface area is 137 Å². The molecule has 1 amide bonds. The predicted octanol–water partition coefficient (Wildman–Crippen LogP) is 4.74. The number of anilines is 1. The van der Waals surface area contributed by atoms with Crippen LogP contribution >= 0.6 is 23.2 Å². The lowest BCUT2D eigenvalue weighted by molar-refractivity contribution is 0.102. The Morgan fingerprint density at radius 1 is 1.18 bits per heavy atom. The molecule has 4 nitrogen and oxygen atoms in total. The molecular formula is C16H12Cl2N2O2. The molecule has 3 aromatic rings. The SMILES string of the molecule is COc1ccc2[nH]cc(C(=O)Nc3ccc(Cl)cc3Cl)c2c1. The first-order valence-electron chi connectivity index (χ1n) is 6.50. The van der Waals surface area contributed by atoms with E-state index < -0.39 is 0 Å². The van der Waals surface area contributed by atoms with Gasteiger partial charge >= 0.3 is 0 Å². The number of H-pyrrole nitrogens is 1. The lowest BCUT2D eigenvalue weighted by Gasteiger charge is -2.07. The minimum atomic E-state index is -0.260. The van der Waals surface area contributed by atoms with Crippen LogP contribution in [0.15, 0.2) is 42.6 Å². The highest BCUT2D eigenvalue weighted by molar-refractivity contribution is 6.37. The van der Waals surface area contributed by atoms with Crippen molar-refractivity contribution in [1.29, 1.82) is 0 Å². The van der Waals surface area contributed by atoms with Crippen LogP contribution in [-0.4, -0.2) is 18.0 Å². The summed E-state index contributed by atoms with van der Waals surface area (Å²) < 4.78 is 5.20. The summed E-state index contributed by atoms with van der Waals surface area (Å²) in [6, 6.07) is 10.4. The van der Waals surface area contributed by atoms with Crippen LogP contribution in [0, 0.1) is 0 Å². The first-order valence-corrected chi connectivity index (χ1v) is 7.25. The van der Waals surface area contributed by atoms with Crippen molar-refractivity contribution in [3.05, 3.63) is 58.2 Å². The van der Waals surface area contributed by atoms with Crippen molar-refractivity contribution in [1.82, 2.24) is 4.98 Å². The quantitative estimate of drug-likeness (QED) is 0.727. The van der Waals surface area contributed by atoms with Gasteiger partial charge in [-0.15, -0.1) is 0 Å². The summed E-state index contributed by atoms with van der Waals surface area (Å²) in [7, 11) is 1.58. The number of amides is 1. The van der Waals surface area contributed by atoms with Gasteiger partial charge in [0.1, 0.15) is 5.75 Å². The third-order valence-corrected chi connectivity index (χ3v) is 3.86. The van der Waals surface area contributed by atoms with Gasteiger partial charge in [-0.05, 0) is 36.4 Å². The van der Waals surface area contributed by atoms with Gasteiger partial charge in [-0.25, -0.2) is 0 Å². The second-order valence-corrected chi connectivity index (χ2v) is 5.54. The molecule has 1 aromatic heterocycles.